The van der Waals surface area contributed by atoms with Crippen molar-refractivity contribution < 1.29 is 9.21 Å². The van der Waals surface area contributed by atoms with Gasteiger partial charge < -0.3 is 9.32 Å². The predicted octanol–water partition coefficient (Wildman–Crippen LogP) is 2.21. The summed E-state index contributed by atoms with van der Waals surface area (Å²) in [6, 6.07) is 6.07. The van der Waals surface area contributed by atoms with Crippen LogP contribution in [-0.4, -0.2) is 50.0 Å². The maximum absolute atomic E-state index is 12.9. The van der Waals surface area contributed by atoms with Crippen LogP contribution in [0.25, 0.3) is 0 Å². The van der Waals surface area contributed by atoms with Gasteiger partial charge >= 0.3 is 0 Å². The highest BCUT2D eigenvalue weighted by molar-refractivity contribution is 5.80. The van der Waals surface area contributed by atoms with Crippen LogP contribution >= 0.6 is 0 Å². The number of fused-ring (bicyclic) bond motifs is 4. The van der Waals surface area contributed by atoms with Crippen molar-refractivity contribution in [1.29, 1.82) is 0 Å². The maximum atomic E-state index is 12.9. The van der Waals surface area contributed by atoms with Crippen molar-refractivity contribution >= 4 is 5.91 Å². The first-order valence-electron chi connectivity index (χ1n) is 9.35. The lowest BCUT2D eigenvalue weighted by molar-refractivity contribution is -0.140. The smallest absolute Gasteiger partial charge is 0.230 e. The van der Waals surface area contributed by atoms with Crippen LogP contribution < -0.4 is 0 Å². The molecule has 0 saturated carbocycles. The molecule has 2 aromatic rings. The number of hydrogen-bond acceptors (Lipinski definition) is 6. The van der Waals surface area contributed by atoms with Crippen LogP contribution in [0.3, 0.4) is 0 Å². The van der Waals surface area contributed by atoms with E-state index in [1.807, 2.05) is 36.9 Å². The predicted molar refractivity (Wildman–Crippen MR) is 95.0 cm³/mol. The van der Waals surface area contributed by atoms with Crippen molar-refractivity contribution in [2.24, 2.45) is 5.92 Å². The van der Waals surface area contributed by atoms with Gasteiger partial charge in [-0.05, 0) is 25.0 Å². The van der Waals surface area contributed by atoms with E-state index < -0.39 is 0 Å². The average molecular weight is 355 g/mol. The summed E-state index contributed by atoms with van der Waals surface area (Å²) in [5, 5.41) is 8.29. The Labute approximate surface area is 153 Å². The van der Waals surface area contributed by atoms with Gasteiger partial charge in [0.15, 0.2) is 0 Å². The van der Waals surface area contributed by atoms with Crippen LogP contribution in [0.1, 0.15) is 50.1 Å². The number of carbonyl (C=O) groups is 1. The summed E-state index contributed by atoms with van der Waals surface area (Å²) in [5.74, 6) is 1.84. The summed E-state index contributed by atoms with van der Waals surface area (Å²) in [5.41, 5.74) is 0.943. The summed E-state index contributed by atoms with van der Waals surface area (Å²) in [7, 11) is 0. The van der Waals surface area contributed by atoms with E-state index in [0.29, 0.717) is 24.9 Å². The van der Waals surface area contributed by atoms with Crippen LogP contribution in [0.5, 0.6) is 0 Å². The standard InChI is InChI=1S/C19H25N5O2/c1-13(2)18-22-21-17(26-18)12-23-9-14-6-7-16(11-23)24(19(14)25)10-15-5-3-4-8-20-15/h3-5,8,13-14,16H,6-7,9-12H2,1-2H3/t14-,16+/m0/s1. The molecule has 0 aromatic carbocycles. The molecule has 3 aliphatic heterocycles. The molecular formula is C19H25N5O2. The van der Waals surface area contributed by atoms with Crippen LogP contribution in [0.15, 0.2) is 28.8 Å². The molecule has 3 aliphatic rings. The molecule has 5 rings (SSSR count). The van der Waals surface area contributed by atoms with Gasteiger partial charge in [0.05, 0.1) is 24.7 Å². The Morgan fingerprint density at radius 2 is 2.08 bits per heavy atom. The Morgan fingerprint density at radius 1 is 1.19 bits per heavy atom. The van der Waals surface area contributed by atoms with Gasteiger partial charge in [0, 0.05) is 31.2 Å². The third-order valence-electron chi connectivity index (χ3n) is 5.26. The van der Waals surface area contributed by atoms with Gasteiger partial charge in [0.1, 0.15) is 0 Å². The first-order chi connectivity index (χ1) is 12.6. The van der Waals surface area contributed by atoms with Gasteiger partial charge in [-0.25, -0.2) is 0 Å². The van der Waals surface area contributed by atoms with E-state index in [4.69, 9.17) is 4.42 Å². The highest BCUT2D eigenvalue weighted by atomic mass is 16.4. The molecule has 0 unspecified atom stereocenters. The topological polar surface area (TPSA) is 75.4 Å². The molecular weight excluding hydrogens is 330 g/mol. The third kappa shape index (κ3) is 3.49. The third-order valence-corrected chi connectivity index (χ3v) is 5.26. The Hall–Kier alpha value is -2.28. The Bertz CT molecular complexity index is 760. The number of rotatable bonds is 5. The minimum absolute atomic E-state index is 0.0463. The molecule has 138 valence electrons. The van der Waals surface area contributed by atoms with Crippen molar-refractivity contribution in [2.45, 2.75) is 51.7 Å². The lowest BCUT2D eigenvalue weighted by Crippen LogP contribution is -2.47. The number of nitrogens with zero attached hydrogens (tertiary/aromatic N) is 5. The highest BCUT2D eigenvalue weighted by Gasteiger charge is 2.40. The molecule has 0 spiro atoms. The minimum Gasteiger partial charge on any atom is -0.424 e. The zero-order valence-electron chi connectivity index (χ0n) is 15.3. The van der Waals surface area contributed by atoms with Crippen LogP contribution in [0.4, 0.5) is 0 Å². The van der Waals surface area contributed by atoms with Gasteiger partial charge in [-0.1, -0.05) is 19.9 Å². The Kier molecular flexibility index (Phi) is 4.72. The molecule has 3 saturated heterocycles. The maximum Gasteiger partial charge on any atom is 0.230 e. The Morgan fingerprint density at radius 3 is 2.81 bits per heavy atom. The average Bonchev–Trinajstić information content (AvgIpc) is 2.95. The van der Waals surface area contributed by atoms with E-state index in [9.17, 15) is 4.79 Å². The minimum atomic E-state index is 0.0463. The van der Waals surface area contributed by atoms with Gasteiger partial charge in [-0.15, -0.1) is 10.2 Å². The fourth-order valence-corrected chi connectivity index (χ4v) is 3.89. The zero-order valence-corrected chi connectivity index (χ0v) is 15.3. The van der Waals surface area contributed by atoms with Gasteiger partial charge in [0.25, 0.3) is 0 Å². The van der Waals surface area contributed by atoms with E-state index in [1.165, 1.54) is 0 Å². The van der Waals surface area contributed by atoms with Crippen LogP contribution in [0.2, 0.25) is 0 Å². The van der Waals surface area contributed by atoms with Crippen molar-refractivity contribution in [1.82, 2.24) is 25.0 Å². The molecule has 5 heterocycles. The molecule has 0 radical (unpaired) electrons. The molecule has 3 fully saturated rings. The second-order valence-corrected chi connectivity index (χ2v) is 7.60. The first-order valence-corrected chi connectivity index (χ1v) is 9.35. The molecule has 7 nitrogen and oxygen atoms in total. The van der Waals surface area contributed by atoms with E-state index >= 15 is 0 Å². The van der Waals surface area contributed by atoms with Crippen molar-refractivity contribution in [2.75, 3.05) is 13.1 Å². The molecule has 1 amide bonds. The SMILES string of the molecule is CC(C)c1nnc(CN2C[C@@H]3CC[C@H](C2)N(Cc2ccccn2)C3=O)o1. The fourth-order valence-electron chi connectivity index (χ4n) is 3.89. The number of aromatic nitrogens is 3. The lowest BCUT2D eigenvalue weighted by atomic mass is 9.94. The van der Waals surface area contributed by atoms with E-state index in [1.54, 1.807) is 6.20 Å². The molecule has 2 aromatic heterocycles. The summed E-state index contributed by atoms with van der Waals surface area (Å²) in [6.07, 6.45) is 3.78. The van der Waals surface area contributed by atoms with E-state index in [0.717, 1.165) is 31.6 Å². The normalized spacial score (nSPS) is 23.7. The molecule has 7 heteroatoms. The summed E-state index contributed by atoms with van der Waals surface area (Å²) in [6.45, 7) is 6.88. The van der Waals surface area contributed by atoms with Gasteiger partial charge in [-0.2, -0.15) is 0 Å². The summed E-state index contributed by atoms with van der Waals surface area (Å²) >= 11 is 0. The highest BCUT2D eigenvalue weighted by Crippen LogP contribution is 2.30. The molecule has 2 bridgehead atoms. The number of pyridine rings is 1. The van der Waals surface area contributed by atoms with Crippen LogP contribution in [-0.2, 0) is 17.9 Å². The molecule has 0 N–H and O–H groups in total. The summed E-state index contributed by atoms with van der Waals surface area (Å²) in [4.78, 5) is 21.6. The number of carbonyl (C=O) groups excluding carboxylic acids is 1. The molecule has 0 aliphatic carbocycles. The fraction of sp³-hybridized carbons (Fsp3) is 0.579. The Balaban J connectivity index is 1.47. The monoisotopic (exact) mass is 355 g/mol. The number of amides is 1. The van der Waals surface area contributed by atoms with Crippen LogP contribution in [0, 0.1) is 5.92 Å². The quantitative estimate of drug-likeness (QED) is 0.818. The number of hydrogen-bond donors (Lipinski definition) is 0. The summed E-state index contributed by atoms with van der Waals surface area (Å²) < 4.78 is 5.76. The zero-order chi connectivity index (χ0) is 18.1. The first kappa shape index (κ1) is 17.1. The van der Waals surface area contributed by atoms with Crippen molar-refractivity contribution in [3.63, 3.8) is 0 Å². The van der Waals surface area contributed by atoms with Crippen molar-refractivity contribution in [3.8, 4) is 0 Å². The van der Waals surface area contributed by atoms with E-state index in [2.05, 4.69) is 20.1 Å². The van der Waals surface area contributed by atoms with Gasteiger partial charge in [-0.3, -0.25) is 14.7 Å². The van der Waals surface area contributed by atoms with E-state index in [-0.39, 0.29) is 23.8 Å². The molecule has 2 atom stereocenters. The van der Waals surface area contributed by atoms with Crippen molar-refractivity contribution in [3.05, 3.63) is 41.9 Å². The second kappa shape index (κ2) is 7.15. The molecule has 26 heavy (non-hydrogen) atoms. The largest absolute Gasteiger partial charge is 0.424 e. The van der Waals surface area contributed by atoms with Gasteiger partial charge in [0.2, 0.25) is 17.7 Å². The number of piperidine rings is 1. The second-order valence-electron chi connectivity index (χ2n) is 7.60. The lowest BCUT2D eigenvalue weighted by Gasteiger charge is -2.35.